The molecule has 1 N–H and O–H groups in total. The maximum absolute atomic E-state index is 13.3. The van der Waals surface area contributed by atoms with Gasteiger partial charge in [0.15, 0.2) is 0 Å². The second kappa shape index (κ2) is 9.05. The first-order chi connectivity index (χ1) is 16.2. The molecule has 0 bridgehead atoms. The average Bonchev–Trinajstić information content (AvgIpc) is 3.53. The SMILES string of the molecule is CSc1nnnn1-c1cccc(NC(=O)c2cn(-c3ccccc3)nc2-c2cccnc2)c1. The molecule has 0 spiro atoms. The van der Waals surface area contributed by atoms with Crippen LogP contribution in [0, 0.1) is 0 Å². The highest BCUT2D eigenvalue weighted by Crippen LogP contribution is 2.25. The Labute approximate surface area is 193 Å². The second-order valence-electron chi connectivity index (χ2n) is 7.00. The number of para-hydroxylation sites is 1. The number of hydrogen-bond donors (Lipinski definition) is 1. The van der Waals surface area contributed by atoms with Crippen LogP contribution in [0.15, 0.2) is 90.5 Å². The van der Waals surface area contributed by atoms with Crippen molar-refractivity contribution in [1.29, 1.82) is 0 Å². The van der Waals surface area contributed by atoms with E-state index in [1.807, 2.05) is 73.0 Å². The Morgan fingerprint density at radius 1 is 1.00 bits per heavy atom. The molecule has 0 fully saturated rings. The number of thioether (sulfide) groups is 1. The largest absolute Gasteiger partial charge is 0.322 e. The fourth-order valence-corrected chi connectivity index (χ4v) is 3.78. The van der Waals surface area contributed by atoms with Crippen molar-refractivity contribution < 1.29 is 4.79 Å². The quantitative estimate of drug-likeness (QED) is 0.388. The summed E-state index contributed by atoms with van der Waals surface area (Å²) in [6.45, 7) is 0. The van der Waals surface area contributed by atoms with Crippen LogP contribution in [-0.4, -0.2) is 47.1 Å². The molecule has 3 heterocycles. The minimum Gasteiger partial charge on any atom is -0.322 e. The topological polar surface area (TPSA) is 103 Å². The van der Waals surface area contributed by atoms with Gasteiger partial charge in [0.05, 0.1) is 16.9 Å². The maximum Gasteiger partial charge on any atom is 0.259 e. The zero-order valence-corrected chi connectivity index (χ0v) is 18.3. The van der Waals surface area contributed by atoms with E-state index < -0.39 is 0 Å². The third-order valence-corrected chi connectivity index (χ3v) is 5.51. The van der Waals surface area contributed by atoms with Crippen molar-refractivity contribution in [2.45, 2.75) is 5.16 Å². The van der Waals surface area contributed by atoms with E-state index in [-0.39, 0.29) is 5.91 Å². The Morgan fingerprint density at radius 2 is 1.85 bits per heavy atom. The molecular weight excluding hydrogens is 436 g/mol. The van der Waals surface area contributed by atoms with Crippen LogP contribution < -0.4 is 5.32 Å². The molecule has 33 heavy (non-hydrogen) atoms. The van der Waals surface area contributed by atoms with Gasteiger partial charge in [0.25, 0.3) is 5.91 Å². The highest BCUT2D eigenvalue weighted by atomic mass is 32.2. The van der Waals surface area contributed by atoms with Crippen molar-refractivity contribution in [3.63, 3.8) is 0 Å². The smallest absolute Gasteiger partial charge is 0.259 e. The van der Waals surface area contributed by atoms with Gasteiger partial charge in [-0.3, -0.25) is 9.78 Å². The molecule has 1 amide bonds. The Kier molecular flexibility index (Phi) is 5.64. The van der Waals surface area contributed by atoms with Crippen molar-refractivity contribution in [2.24, 2.45) is 0 Å². The molecule has 0 saturated carbocycles. The van der Waals surface area contributed by atoms with Crippen LogP contribution in [0.2, 0.25) is 0 Å². The van der Waals surface area contributed by atoms with Gasteiger partial charge in [0, 0.05) is 29.8 Å². The predicted octanol–water partition coefficient (Wildman–Crippen LogP) is 3.88. The van der Waals surface area contributed by atoms with E-state index in [2.05, 4.69) is 30.9 Å². The first-order valence-corrected chi connectivity index (χ1v) is 11.2. The number of pyridine rings is 1. The van der Waals surface area contributed by atoms with E-state index in [1.165, 1.54) is 11.8 Å². The molecule has 0 unspecified atom stereocenters. The van der Waals surface area contributed by atoms with E-state index in [1.54, 1.807) is 28.0 Å². The summed E-state index contributed by atoms with van der Waals surface area (Å²) in [5.74, 6) is -0.282. The molecule has 3 aromatic heterocycles. The molecular formula is C23H18N8OS. The number of tetrazole rings is 1. The van der Waals surface area contributed by atoms with Gasteiger partial charge in [-0.15, -0.1) is 5.10 Å². The number of nitrogens with one attached hydrogen (secondary N) is 1. The number of carbonyl (C=O) groups excluding carboxylic acids is 1. The van der Waals surface area contributed by atoms with Crippen molar-refractivity contribution in [3.8, 4) is 22.6 Å². The molecule has 162 valence electrons. The summed E-state index contributed by atoms with van der Waals surface area (Å²) in [4.78, 5) is 17.5. The van der Waals surface area contributed by atoms with Gasteiger partial charge >= 0.3 is 0 Å². The standard InChI is InChI=1S/C23H18N8OS/c1-33-23-26-28-29-31(23)19-11-5-8-17(13-19)25-22(32)20-15-30(18-9-3-2-4-10-18)27-21(20)16-7-6-12-24-14-16/h2-15H,1H3,(H,25,32). The number of amides is 1. The number of anilines is 1. The van der Waals surface area contributed by atoms with Crippen LogP contribution in [0.3, 0.4) is 0 Å². The molecule has 2 aromatic carbocycles. The Hall–Kier alpha value is -4.31. The number of carbonyl (C=O) groups is 1. The van der Waals surface area contributed by atoms with Crippen LogP contribution in [0.25, 0.3) is 22.6 Å². The molecule has 0 radical (unpaired) electrons. The monoisotopic (exact) mass is 454 g/mol. The van der Waals surface area contributed by atoms with Crippen LogP contribution in [0.5, 0.6) is 0 Å². The van der Waals surface area contributed by atoms with Gasteiger partial charge in [-0.2, -0.15) is 9.78 Å². The summed E-state index contributed by atoms with van der Waals surface area (Å²) in [6.07, 6.45) is 7.00. The molecule has 0 saturated heterocycles. The molecule has 0 aliphatic carbocycles. The van der Waals surface area contributed by atoms with E-state index in [0.717, 1.165) is 16.9 Å². The molecule has 0 aliphatic rings. The Bertz CT molecular complexity index is 1400. The fraction of sp³-hybridized carbons (Fsp3) is 0.0435. The lowest BCUT2D eigenvalue weighted by Gasteiger charge is -2.08. The van der Waals surface area contributed by atoms with E-state index in [0.29, 0.717) is 22.1 Å². The maximum atomic E-state index is 13.3. The van der Waals surface area contributed by atoms with Crippen LogP contribution >= 0.6 is 11.8 Å². The summed E-state index contributed by atoms with van der Waals surface area (Å²) < 4.78 is 3.31. The van der Waals surface area contributed by atoms with Crippen molar-refractivity contribution >= 4 is 23.4 Å². The Balaban J connectivity index is 1.50. The van der Waals surface area contributed by atoms with Crippen LogP contribution in [-0.2, 0) is 0 Å². The first-order valence-electron chi connectivity index (χ1n) is 10.0. The van der Waals surface area contributed by atoms with Gasteiger partial charge in [-0.25, -0.2) is 4.68 Å². The van der Waals surface area contributed by atoms with Crippen molar-refractivity contribution in [3.05, 3.63) is 90.9 Å². The van der Waals surface area contributed by atoms with Gasteiger partial charge in [0.1, 0.15) is 5.69 Å². The highest BCUT2D eigenvalue weighted by Gasteiger charge is 2.19. The van der Waals surface area contributed by atoms with E-state index in [4.69, 9.17) is 0 Å². The molecule has 9 nitrogen and oxygen atoms in total. The minimum atomic E-state index is -0.282. The summed E-state index contributed by atoms with van der Waals surface area (Å²) in [6, 6.07) is 20.7. The van der Waals surface area contributed by atoms with Gasteiger partial charge < -0.3 is 5.32 Å². The average molecular weight is 455 g/mol. The first kappa shape index (κ1) is 20.6. The van der Waals surface area contributed by atoms with Gasteiger partial charge in [-0.05, 0) is 59.1 Å². The highest BCUT2D eigenvalue weighted by molar-refractivity contribution is 7.98. The molecule has 5 rings (SSSR count). The third-order valence-electron chi connectivity index (χ3n) is 4.89. The van der Waals surface area contributed by atoms with E-state index >= 15 is 0 Å². The molecule has 0 aliphatic heterocycles. The Morgan fingerprint density at radius 3 is 2.64 bits per heavy atom. The normalized spacial score (nSPS) is 10.8. The lowest BCUT2D eigenvalue weighted by molar-refractivity contribution is 0.102. The predicted molar refractivity (Wildman–Crippen MR) is 126 cm³/mol. The summed E-state index contributed by atoms with van der Waals surface area (Å²) in [5, 5.41) is 20.0. The van der Waals surface area contributed by atoms with Crippen LogP contribution in [0.1, 0.15) is 10.4 Å². The number of rotatable bonds is 6. The summed E-state index contributed by atoms with van der Waals surface area (Å²) >= 11 is 1.44. The number of hydrogen-bond acceptors (Lipinski definition) is 7. The summed E-state index contributed by atoms with van der Waals surface area (Å²) in [7, 11) is 0. The second-order valence-corrected chi connectivity index (χ2v) is 7.77. The molecule has 0 atom stereocenters. The number of benzene rings is 2. The number of aromatic nitrogens is 7. The lowest BCUT2D eigenvalue weighted by atomic mass is 10.1. The third kappa shape index (κ3) is 4.23. The summed E-state index contributed by atoms with van der Waals surface area (Å²) in [5.41, 5.74) is 3.95. The molecule has 10 heteroatoms. The van der Waals surface area contributed by atoms with Crippen molar-refractivity contribution in [1.82, 2.24) is 35.0 Å². The van der Waals surface area contributed by atoms with E-state index in [9.17, 15) is 4.79 Å². The van der Waals surface area contributed by atoms with Gasteiger partial charge in [-0.1, -0.05) is 36.0 Å². The zero-order valence-electron chi connectivity index (χ0n) is 17.5. The number of nitrogens with zero attached hydrogens (tertiary/aromatic N) is 7. The van der Waals surface area contributed by atoms with Gasteiger partial charge in [0.2, 0.25) is 5.16 Å². The lowest BCUT2D eigenvalue weighted by Crippen LogP contribution is -2.12. The minimum absolute atomic E-state index is 0.282. The van der Waals surface area contributed by atoms with Crippen molar-refractivity contribution in [2.75, 3.05) is 11.6 Å². The molecule has 5 aromatic rings. The zero-order chi connectivity index (χ0) is 22.6. The fourth-order valence-electron chi connectivity index (χ4n) is 3.35. The van der Waals surface area contributed by atoms with Crippen LogP contribution in [0.4, 0.5) is 5.69 Å².